The maximum absolute atomic E-state index is 12.6. The zero-order valence-electron chi connectivity index (χ0n) is 17.4. The zero-order valence-corrected chi connectivity index (χ0v) is 17.4. The fourth-order valence-electron chi connectivity index (χ4n) is 4.41. The molecule has 1 aromatic rings. The third kappa shape index (κ3) is 5.28. The molecule has 0 aliphatic carbocycles. The van der Waals surface area contributed by atoms with Crippen molar-refractivity contribution in [2.45, 2.75) is 45.1 Å². The number of carbonyl (C=O) groups is 3. The fraction of sp³-hybridized carbons (Fsp3) is 0.591. The highest BCUT2D eigenvalue weighted by Gasteiger charge is 2.45. The predicted molar refractivity (Wildman–Crippen MR) is 109 cm³/mol. The van der Waals surface area contributed by atoms with Crippen LogP contribution in [0.15, 0.2) is 30.3 Å². The van der Waals surface area contributed by atoms with E-state index in [2.05, 4.69) is 22.2 Å². The van der Waals surface area contributed by atoms with E-state index in [1.54, 1.807) is 11.8 Å². The highest BCUT2D eigenvalue weighted by atomic mass is 16.5. The Bertz CT molecular complexity index is 729. The summed E-state index contributed by atoms with van der Waals surface area (Å²) in [6, 6.07) is 9.73. The van der Waals surface area contributed by atoms with Crippen LogP contribution in [0.5, 0.6) is 0 Å². The van der Waals surface area contributed by atoms with E-state index in [-0.39, 0.29) is 17.2 Å². The summed E-state index contributed by atoms with van der Waals surface area (Å²) in [5.74, 6) is 0.132. The Hall–Kier alpha value is -2.57. The van der Waals surface area contributed by atoms with Crippen molar-refractivity contribution in [1.29, 1.82) is 0 Å². The summed E-state index contributed by atoms with van der Waals surface area (Å²) >= 11 is 0. The number of rotatable bonds is 6. The van der Waals surface area contributed by atoms with E-state index in [1.165, 1.54) is 12.7 Å². The highest BCUT2D eigenvalue weighted by Crippen LogP contribution is 2.41. The lowest BCUT2D eigenvalue weighted by molar-refractivity contribution is -0.135. The molecule has 1 aromatic carbocycles. The van der Waals surface area contributed by atoms with E-state index >= 15 is 0 Å². The SMILES string of the molecule is COC(=O)N[C@H](C)C(=O)N1CCC2(CC1)CC(=O)N(CCCc1ccccc1)C2. The number of alkyl carbamates (subject to hydrolysis) is 1. The van der Waals surface area contributed by atoms with Crippen molar-refractivity contribution in [1.82, 2.24) is 15.1 Å². The van der Waals surface area contributed by atoms with Crippen LogP contribution in [-0.4, -0.2) is 67.0 Å². The van der Waals surface area contributed by atoms with Crippen LogP contribution < -0.4 is 5.32 Å². The van der Waals surface area contributed by atoms with Crippen LogP contribution >= 0.6 is 0 Å². The topological polar surface area (TPSA) is 79.0 Å². The summed E-state index contributed by atoms with van der Waals surface area (Å²) in [5, 5.41) is 2.52. The molecule has 3 rings (SSSR count). The van der Waals surface area contributed by atoms with Crippen molar-refractivity contribution in [3.05, 3.63) is 35.9 Å². The molecule has 1 N–H and O–H groups in total. The van der Waals surface area contributed by atoms with Crippen molar-refractivity contribution in [3.63, 3.8) is 0 Å². The monoisotopic (exact) mass is 401 g/mol. The Kier molecular flexibility index (Phi) is 6.77. The molecule has 7 nitrogen and oxygen atoms in total. The summed E-state index contributed by atoms with van der Waals surface area (Å²) in [5.41, 5.74) is 1.29. The van der Waals surface area contributed by atoms with Gasteiger partial charge in [-0.25, -0.2) is 4.79 Å². The summed E-state index contributed by atoms with van der Waals surface area (Å²) in [4.78, 5) is 40.2. The van der Waals surface area contributed by atoms with Crippen molar-refractivity contribution >= 4 is 17.9 Å². The number of hydrogen-bond donors (Lipinski definition) is 1. The maximum Gasteiger partial charge on any atom is 0.407 e. The molecule has 0 unspecified atom stereocenters. The smallest absolute Gasteiger partial charge is 0.407 e. The standard InChI is InChI=1S/C22H31N3O4/c1-17(23-21(28)29-2)20(27)24-13-10-22(11-14-24)15-19(26)25(16-22)12-6-9-18-7-4-3-5-8-18/h3-5,7-8,17H,6,9-16H2,1-2H3,(H,23,28)/t17-/m1/s1. The summed E-state index contributed by atoms with van der Waals surface area (Å²) in [6.45, 7) is 4.49. The van der Waals surface area contributed by atoms with Gasteiger partial charge < -0.3 is 19.9 Å². The number of amides is 3. The van der Waals surface area contributed by atoms with Crippen LogP contribution in [0.25, 0.3) is 0 Å². The first-order valence-corrected chi connectivity index (χ1v) is 10.4. The molecule has 3 amide bonds. The molecular formula is C22H31N3O4. The normalized spacial score (nSPS) is 19.3. The zero-order chi connectivity index (χ0) is 20.9. The fourth-order valence-corrected chi connectivity index (χ4v) is 4.41. The molecule has 0 radical (unpaired) electrons. The second-order valence-corrected chi connectivity index (χ2v) is 8.26. The number of ether oxygens (including phenoxy) is 1. The maximum atomic E-state index is 12.6. The Morgan fingerprint density at radius 1 is 1.21 bits per heavy atom. The van der Waals surface area contributed by atoms with Crippen LogP contribution in [0, 0.1) is 5.41 Å². The van der Waals surface area contributed by atoms with Gasteiger partial charge in [0.2, 0.25) is 11.8 Å². The van der Waals surface area contributed by atoms with Crippen LogP contribution in [0.2, 0.25) is 0 Å². The summed E-state index contributed by atoms with van der Waals surface area (Å²) < 4.78 is 4.55. The lowest BCUT2D eigenvalue weighted by atomic mass is 9.77. The Morgan fingerprint density at radius 3 is 2.55 bits per heavy atom. The van der Waals surface area contributed by atoms with Gasteiger partial charge in [0.25, 0.3) is 0 Å². The van der Waals surface area contributed by atoms with Crippen molar-refractivity contribution in [2.75, 3.05) is 33.3 Å². The third-order valence-corrected chi connectivity index (χ3v) is 6.17. The number of likely N-dealkylation sites (tertiary alicyclic amines) is 2. The number of nitrogens with one attached hydrogen (secondary N) is 1. The number of piperidine rings is 1. The molecule has 29 heavy (non-hydrogen) atoms. The van der Waals surface area contributed by atoms with Gasteiger partial charge in [-0.1, -0.05) is 30.3 Å². The number of hydrogen-bond acceptors (Lipinski definition) is 4. The van der Waals surface area contributed by atoms with Gasteiger partial charge in [-0.3, -0.25) is 9.59 Å². The minimum Gasteiger partial charge on any atom is -0.453 e. The molecule has 0 saturated carbocycles. The number of methoxy groups -OCH3 is 1. The van der Waals surface area contributed by atoms with Crippen molar-refractivity contribution < 1.29 is 19.1 Å². The Morgan fingerprint density at radius 2 is 1.90 bits per heavy atom. The summed E-state index contributed by atoms with van der Waals surface area (Å²) in [6.07, 6.45) is 3.57. The van der Waals surface area contributed by atoms with E-state index < -0.39 is 12.1 Å². The van der Waals surface area contributed by atoms with Crippen LogP contribution in [0.3, 0.4) is 0 Å². The van der Waals surface area contributed by atoms with E-state index in [0.29, 0.717) is 19.5 Å². The molecular weight excluding hydrogens is 370 g/mol. The second-order valence-electron chi connectivity index (χ2n) is 8.26. The molecule has 0 aromatic heterocycles. The lowest BCUT2D eigenvalue weighted by Crippen LogP contribution is -2.51. The highest BCUT2D eigenvalue weighted by molar-refractivity contribution is 5.85. The minimum absolute atomic E-state index is 0.0143. The van der Waals surface area contributed by atoms with E-state index in [0.717, 1.165) is 38.8 Å². The molecule has 1 spiro atoms. The molecule has 1 atom stereocenters. The first-order chi connectivity index (χ1) is 13.9. The Labute approximate surface area is 172 Å². The first-order valence-electron chi connectivity index (χ1n) is 10.4. The van der Waals surface area contributed by atoms with Gasteiger partial charge in [-0.2, -0.15) is 0 Å². The lowest BCUT2D eigenvalue weighted by Gasteiger charge is -2.39. The van der Waals surface area contributed by atoms with E-state index in [4.69, 9.17) is 0 Å². The average Bonchev–Trinajstić information content (AvgIpc) is 3.03. The van der Waals surface area contributed by atoms with Gasteiger partial charge in [0.05, 0.1) is 7.11 Å². The predicted octanol–water partition coefficient (Wildman–Crippen LogP) is 2.20. The van der Waals surface area contributed by atoms with Gasteiger partial charge in [-0.15, -0.1) is 0 Å². The van der Waals surface area contributed by atoms with Gasteiger partial charge in [-0.05, 0) is 38.2 Å². The number of benzene rings is 1. The molecule has 7 heteroatoms. The van der Waals surface area contributed by atoms with Crippen molar-refractivity contribution in [2.24, 2.45) is 5.41 Å². The largest absolute Gasteiger partial charge is 0.453 e. The molecule has 0 bridgehead atoms. The number of nitrogens with zero attached hydrogens (tertiary/aromatic N) is 2. The van der Waals surface area contributed by atoms with Crippen LogP contribution in [0.4, 0.5) is 4.79 Å². The number of carbonyl (C=O) groups excluding carboxylic acids is 3. The molecule has 158 valence electrons. The van der Waals surface area contributed by atoms with Crippen molar-refractivity contribution in [3.8, 4) is 0 Å². The van der Waals surface area contributed by atoms with Gasteiger partial charge in [0.1, 0.15) is 6.04 Å². The van der Waals surface area contributed by atoms with Gasteiger partial charge in [0.15, 0.2) is 0 Å². The minimum atomic E-state index is -0.615. The average molecular weight is 402 g/mol. The third-order valence-electron chi connectivity index (χ3n) is 6.17. The van der Waals surface area contributed by atoms with Crippen LogP contribution in [-0.2, 0) is 20.7 Å². The molecule has 2 saturated heterocycles. The molecule has 2 aliphatic heterocycles. The molecule has 2 fully saturated rings. The molecule has 2 heterocycles. The first kappa shape index (κ1) is 21.1. The summed E-state index contributed by atoms with van der Waals surface area (Å²) in [7, 11) is 1.28. The second kappa shape index (κ2) is 9.29. The molecule has 2 aliphatic rings. The van der Waals surface area contributed by atoms with Gasteiger partial charge in [0, 0.05) is 38.0 Å². The van der Waals surface area contributed by atoms with E-state index in [1.807, 2.05) is 23.1 Å². The van der Waals surface area contributed by atoms with E-state index in [9.17, 15) is 14.4 Å². The Balaban J connectivity index is 1.46. The van der Waals surface area contributed by atoms with Gasteiger partial charge >= 0.3 is 6.09 Å². The number of aryl methyl sites for hydroxylation is 1. The van der Waals surface area contributed by atoms with Crippen LogP contribution in [0.1, 0.15) is 38.2 Å². The quantitative estimate of drug-likeness (QED) is 0.793.